The Labute approximate surface area is 197 Å². The Kier molecular flexibility index (Phi) is 4.87. The number of nitrogens with one attached hydrogen (secondary N) is 1. The van der Waals surface area contributed by atoms with E-state index in [1.807, 2.05) is 47.4 Å². The number of fused-ring (bicyclic) bond motifs is 5. The Morgan fingerprint density at radius 1 is 0.941 bits per heavy atom. The SMILES string of the molecule is O=C1C(Cc2ccc(O)cc2)NC2=C(Cc3ccccc3)N=C3c4ccc(O)cc4CCC3N12. The number of benzene rings is 3. The Morgan fingerprint density at radius 3 is 2.50 bits per heavy atom. The minimum Gasteiger partial charge on any atom is -0.508 e. The van der Waals surface area contributed by atoms with Crippen molar-refractivity contribution in [2.75, 3.05) is 0 Å². The Bertz CT molecular complexity index is 1330. The van der Waals surface area contributed by atoms with Gasteiger partial charge >= 0.3 is 0 Å². The molecule has 0 radical (unpaired) electrons. The number of rotatable bonds is 4. The van der Waals surface area contributed by atoms with Gasteiger partial charge in [-0.05, 0) is 59.9 Å². The van der Waals surface area contributed by atoms with Crippen LogP contribution in [0.1, 0.15) is 28.7 Å². The predicted octanol–water partition coefficient (Wildman–Crippen LogP) is 3.67. The Hall–Kier alpha value is -4.06. The van der Waals surface area contributed by atoms with E-state index in [0.29, 0.717) is 12.8 Å². The second-order valence-electron chi connectivity index (χ2n) is 9.13. The van der Waals surface area contributed by atoms with Crippen LogP contribution < -0.4 is 5.32 Å². The van der Waals surface area contributed by atoms with Crippen LogP contribution in [0.15, 0.2) is 89.3 Å². The molecule has 34 heavy (non-hydrogen) atoms. The van der Waals surface area contributed by atoms with E-state index in [2.05, 4.69) is 17.4 Å². The Morgan fingerprint density at radius 2 is 1.71 bits per heavy atom. The molecule has 3 aromatic carbocycles. The zero-order valence-electron chi connectivity index (χ0n) is 18.6. The van der Waals surface area contributed by atoms with Gasteiger partial charge in [0, 0.05) is 18.4 Å². The summed E-state index contributed by atoms with van der Waals surface area (Å²) < 4.78 is 0. The van der Waals surface area contributed by atoms with Crippen LogP contribution in [0.5, 0.6) is 11.5 Å². The first-order valence-electron chi connectivity index (χ1n) is 11.6. The van der Waals surface area contributed by atoms with Crippen molar-refractivity contribution in [1.29, 1.82) is 0 Å². The summed E-state index contributed by atoms with van der Waals surface area (Å²) in [7, 11) is 0. The number of amides is 1. The average Bonchev–Trinajstić information content (AvgIpc) is 3.17. The third-order valence-electron chi connectivity index (χ3n) is 6.89. The fraction of sp³-hybridized carbons (Fsp3) is 0.214. The van der Waals surface area contributed by atoms with E-state index >= 15 is 0 Å². The van der Waals surface area contributed by atoms with E-state index in [9.17, 15) is 15.0 Å². The van der Waals surface area contributed by atoms with Gasteiger partial charge in [-0.2, -0.15) is 0 Å². The van der Waals surface area contributed by atoms with Crippen LogP contribution in [0.4, 0.5) is 0 Å². The maximum atomic E-state index is 13.7. The fourth-order valence-corrected chi connectivity index (χ4v) is 5.25. The van der Waals surface area contributed by atoms with Crippen molar-refractivity contribution in [2.45, 2.75) is 37.8 Å². The quantitative estimate of drug-likeness (QED) is 0.565. The molecule has 3 aliphatic rings. The number of aromatic hydroxyl groups is 2. The third kappa shape index (κ3) is 3.52. The summed E-state index contributed by atoms with van der Waals surface area (Å²) in [6.07, 6.45) is 2.69. The summed E-state index contributed by atoms with van der Waals surface area (Å²) >= 11 is 0. The zero-order chi connectivity index (χ0) is 23.2. The number of phenolic OH excluding ortho intramolecular Hbond substituents is 2. The van der Waals surface area contributed by atoms with E-state index < -0.39 is 0 Å². The van der Waals surface area contributed by atoms with E-state index in [1.54, 1.807) is 18.2 Å². The summed E-state index contributed by atoms with van der Waals surface area (Å²) in [5.41, 5.74) is 5.94. The minimum absolute atomic E-state index is 0.0493. The molecule has 3 aromatic rings. The highest BCUT2D eigenvalue weighted by Crippen LogP contribution is 2.37. The summed E-state index contributed by atoms with van der Waals surface area (Å²) in [4.78, 5) is 20.8. The molecule has 0 aromatic heterocycles. The van der Waals surface area contributed by atoms with Crippen molar-refractivity contribution in [3.63, 3.8) is 0 Å². The average molecular weight is 452 g/mol. The van der Waals surface area contributed by atoms with Gasteiger partial charge in [-0.25, -0.2) is 0 Å². The molecule has 3 N–H and O–H groups in total. The number of carbonyl (C=O) groups is 1. The number of nitrogens with zero attached hydrogens (tertiary/aromatic N) is 2. The molecule has 170 valence electrons. The molecule has 0 spiro atoms. The first kappa shape index (κ1) is 20.5. The number of phenols is 2. The number of hydrogen-bond acceptors (Lipinski definition) is 5. The second-order valence-corrected chi connectivity index (χ2v) is 9.13. The molecular formula is C28H25N3O3. The van der Waals surface area contributed by atoms with Gasteiger partial charge in [0.25, 0.3) is 5.91 Å². The number of aliphatic imine (C=N–C) groups is 1. The lowest BCUT2D eigenvalue weighted by Crippen LogP contribution is -2.48. The lowest BCUT2D eigenvalue weighted by Gasteiger charge is -2.37. The first-order valence-corrected chi connectivity index (χ1v) is 11.6. The second kappa shape index (κ2) is 8.06. The summed E-state index contributed by atoms with van der Waals surface area (Å²) in [5.74, 6) is 1.31. The molecule has 0 bridgehead atoms. The highest BCUT2D eigenvalue weighted by atomic mass is 16.3. The summed E-state index contributed by atoms with van der Waals surface area (Å²) in [5, 5.41) is 23.1. The lowest BCUT2D eigenvalue weighted by molar-refractivity contribution is -0.129. The smallest absolute Gasteiger partial charge is 0.251 e. The molecule has 1 saturated heterocycles. The molecule has 6 nitrogen and oxygen atoms in total. The molecule has 6 heteroatoms. The summed E-state index contributed by atoms with van der Waals surface area (Å²) in [6.45, 7) is 0. The predicted molar refractivity (Wildman–Crippen MR) is 130 cm³/mol. The van der Waals surface area contributed by atoms with Gasteiger partial charge in [0.15, 0.2) is 0 Å². The van der Waals surface area contributed by atoms with Crippen LogP contribution in [0.2, 0.25) is 0 Å². The van der Waals surface area contributed by atoms with Gasteiger partial charge in [0.2, 0.25) is 0 Å². The van der Waals surface area contributed by atoms with E-state index in [0.717, 1.165) is 52.3 Å². The van der Waals surface area contributed by atoms with Crippen LogP contribution >= 0.6 is 0 Å². The number of aryl methyl sites for hydroxylation is 1. The molecule has 6 rings (SSSR count). The minimum atomic E-state index is -0.388. The molecule has 2 atom stereocenters. The van der Waals surface area contributed by atoms with Crippen LogP contribution in [0.3, 0.4) is 0 Å². The van der Waals surface area contributed by atoms with Gasteiger partial charge in [-0.3, -0.25) is 14.7 Å². The van der Waals surface area contributed by atoms with E-state index in [1.165, 1.54) is 0 Å². The first-order chi connectivity index (χ1) is 16.6. The fourth-order valence-electron chi connectivity index (χ4n) is 5.25. The molecular weight excluding hydrogens is 426 g/mol. The number of hydrogen-bond donors (Lipinski definition) is 3. The highest BCUT2D eigenvalue weighted by Gasteiger charge is 2.46. The van der Waals surface area contributed by atoms with Gasteiger partial charge in [-0.15, -0.1) is 0 Å². The van der Waals surface area contributed by atoms with E-state index in [-0.39, 0.29) is 29.5 Å². The molecule has 1 aliphatic carbocycles. The van der Waals surface area contributed by atoms with Crippen molar-refractivity contribution in [3.05, 3.63) is 107 Å². The monoisotopic (exact) mass is 451 g/mol. The van der Waals surface area contributed by atoms with Crippen LogP contribution in [0, 0.1) is 0 Å². The largest absolute Gasteiger partial charge is 0.508 e. The van der Waals surface area contributed by atoms with Gasteiger partial charge in [-0.1, -0.05) is 42.5 Å². The third-order valence-corrected chi connectivity index (χ3v) is 6.89. The standard InChI is InChI=1S/C28H25N3O3/c32-20-9-6-18(7-10-20)15-24-28(34)31-25-13-8-19-16-21(33)11-12-22(19)26(25)29-23(27(31)30-24)14-17-4-2-1-3-5-17/h1-7,9-12,16,24-25,30,32-33H,8,13-15H2. The molecule has 2 heterocycles. The molecule has 2 aliphatic heterocycles. The van der Waals surface area contributed by atoms with Crippen LogP contribution in [-0.4, -0.2) is 38.8 Å². The summed E-state index contributed by atoms with van der Waals surface area (Å²) in [6, 6.07) is 22.1. The topological polar surface area (TPSA) is 85.2 Å². The maximum absolute atomic E-state index is 13.7. The zero-order valence-corrected chi connectivity index (χ0v) is 18.6. The van der Waals surface area contributed by atoms with Crippen molar-refractivity contribution < 1.29 is 15.0 Å². The van der Waals surface area contributed by atoms with Gasteiger partial charge < -0.3 is 15.5 Å². The van der Waals surface area contributed by atoms with Crippen molar-refractivity contribution in [1.82, 2.24) is 10.2 Å². The van der Waals surface area contributed by atoms with Gasteiger partial charge in [0.1, 0.15) is 23.4 Å². The molecule has 2 unspecified atom stereocenters. The van der Waals surface area contributed by atoms with Crippen molar-refractivity contribution in [3.8, 4) is 11.5 Å². The molecule has 0 saturated carbocycles. The highest BCUT2D eigenvalue weighted by molar-refractivity contribution is 6.10. The van der Waals surface area contributed by atoms with Gasteiger partial charge in [0.05, 0.1) is 17.5 Å². The van der Waals surface area contributed by atoms with Crippen LogP contribution in [-0.2, 0) is 24.1 Å². The lowest BCUT2D eigenvalue weighted by atomic mass is 9.84. The normalized spacial score (nSPS) is 20.9. The van der Waals surface area contributed by atoms with Crippen molar-refractivity contribution >= 4 is 11.6 Å². The Balaban J connectivity index is 1.40. The maximum Gasteiger partial charge on any atom is 0.251 e. The van der Waals surface area contributed by atoms with Crippen LogP contribution in [0.25, 0.3) is 0 Å². The molecule has 1 amide bonds. The number of allylic oxidation sites excluding steroid dienone is 1. The number of carbonyl (C=O) groups excluding carboxylic acids is 1. The van der Waals surface area contributed by atoms with Crippen molar-refractivity contribution in [2.24, 2.45) is 4.99 Å². The van der Waals surface area contributed by atoms with E-state index in [4.69, 9.17) is 4.99 Å². The molecule has 1 fully saturated rings.